The molecule has 0 aliphatic rings. The van der Waals surface area contributed by atoms with Crippen molar-refractivity contribution in [1.82, 2.24) is 0 Å². The second-order valence-corrected chi connectivity index (χ2v) is 12.2. The maximum Gasteiger partial charge on any atom is 0.210 e. The van der Waals surface area contributed by atoms with E-state index >= 15 is 0 Å². The Bertz CT molecular complexity index is 1770. The molecular weight excluding hydrogens is 536 g/mol. The van der Waals surface area contributed by atoms with Crippen molar-refractivity contribution in [3.8, 4) is 46.7 Å². The highest BCUT2D eigenvalue weighted by Gasteiger charge is 2.23. The molecule has 4 rings (SSSR count). The molecule has 4 aromatic rings. The molecule has 7 heteroatoms. The molecule has 0 radical (unpaired) electrons. The van der Waals surface area contributed by atoms with Gasteiger partial charge in [-0.2, -0.15) is 0 Å². The van der Waals surface area contributed by atoms with Gasteiger partial charge in [-0.3, -0.25) is 0 Å². The maximum atomic E-state index is 13.6. The van der Waals surface area contributed by atoms with Crippen molar-refractivity contribution in [2.24, 2.45) is 0 Å². The second-order valence-electron chi connectivity index (χ2n) is 10.3. The van der Waals surface area contributed by atoms with Crippen LogP contribution in [0.3, 0.4) is 0 Å². The van der Waals surface area contributed by atoms with Crippen molar-refractivity contribution in [2.75, 3.05) is 0 Å². The number of hydrogen-bond acceptors (Lipinski definition) is 6. The van der Waals surface area contributed by atoms with E-state index < -0.39 is 21.0 Å². The zero-order valence-corrected chi connectivity index (χ0v) is 24.0. The molecular formula is C34H30O6S. The molecule has 41 heavy (non-hydrogen) atoms. The largest absolute Gasteiger partial charge is 0.457 e. The molecule has 0 heterocycles. The van der Waals surface area contributed by atoms with Crippen LogP contribution in [0.5, 0.6) is 23.0 Å². The van der Waals surface area contributed by atoms with Gasteiger partial charge in [0.25, 0.3) is 0 Å². The smallest absolute Gasteiger partial charge is 0.210 e. The summed E-state index contributed by atoms with van der Waals surface area (Å²) in [7, 11) is -3.93. The van der Waals surface area contributed by atoms with Crippen LogP contribution in [-0.4, -0.2) is 29.8 Å². The average molecular weight is 567 g/mol. The summed E-state index contributed by atoms with van der Waals surface area (Å²) in [5.74, 6) is 12.9. The Labute approximate surface area is 241 Å². The van der Waals surface area contributed by atoms with E-state index in [0.717, 1.165) is 0 Å². The fourth-order valence-corrected chi connectivity index (χ4v) is 4.94. The van der Waals surface area contributed by atoms with Crippen LogP contribution in [0.4, 0.5) is 0 Å². The van der Waals surface area contributed by atoms with Gasteiger partial charge in [-0.1, -0.05) is 47.9 Å². The number of rotatable bonds is 6. The summed E-state index contributed by atoms with van der Waals surface area (Å²) in [5.41, 5.74) is -0.960. The van der Waals surface area contributed by atoms with Crippen LogP contribution < -0.4 is 9.47 Å². The minimum atomic E-state index is -3.93. The molecule has 0 saturated carbocycles. The van der Waals surface area contributed by atoms with Crippen molar-refractivity contribution >= 4 is 9.84 Å². The molecule has 0 aromatic heterocycles. The number of ether oxygens (including phenoxy) is 2. The molecule has 0 aliphatic heterocycles. The van der Waals surface area contributed by atoms with Gasteiger partial charge < -0.3 is 19.7 Å². The summed E-state index contributed by atoms with van der Waals surface area (Å²) in [5, 5.41) is 19.7. The Balaban J connectivity index is 1.55. The molecule has 0 atom stereocenters. The minimum absolute atomic E-state index is 0.0136. The molecule has 0 aliphatic carbocycles. The fourth-order valence-electron chi connectivity index (χ4n) is 3.56. The molecule has 0 fully saturated rings. The van der Waals surface area contributed by atoms with Crippen LogP contribution in [0.1, 0.15) is 38.8 Å². The van der Waals surface area contributed by atoms with E-state index in [1.807, 2.05) is 0 Å². The molecule has 0 spiro atoms. The van der Waals surface area contributed by atoms with Crippen molar-refractivity contribution in [1.29, 1.82) is 0 Å². The Hall–Kier alpha value is -4.53. The van der Waals surface area contributed by atoms with Gasteiger partial charge in [-0.15, -0.1) is 0 Å². The van der Waals surface area contributed by atoms with Crippen LogP contribution in [0.25, 0.3) is 0 Å². The highest BCUT2D eigenvalue weighted by molar-refractivity contribution is 7.91. The van der Waals surface area contributed by atoms with E-state index in [1.54, 1.807) is 107 Å². The standard InChI is InChI=1S/C34H30O6S/c1-33(2,35)21-19-25-9-7-11-28(23-25)39-27-15-17-30(18-16-27)41(37,38)32-14-6-5-13-31(32)40-29-12-8-10-26(24-29)20-22-34(3,4)36/h5-18,23-24,35-36H,1-4H3. The first-order valence-electron chi connectivity index (χ1n) is 12.8. The van der Waals surface area contributed by atoms with Gasteiger partial charge in [0, 0.05) is 11.1 Å². The summed E-state index contributed by atoms with van der Waals surface area (Å²) in [6, 6.07) is 26.5. The maximum absolute atomic E-state index is 13.6. The molecule has 0 saturated heterocycles. The first-order valence-corrected chi connectivity index (χ1v) is 14.3. The molecule has 208 valence electrons. The number of para-hydroxylation sites is 1. The third-order valence-corrected chi connectivity index (χ3v) is 7.24. The topological polar surface area (TPSA) is 93.1 Å². The lowest BCUT2D eigenvalue weighted by atomic mass is 10.1. The molecule has 6 nitrogen and oxygen atoms in total. The molecule has 0 bridgehead atoms. The Morgan fingerprint density at radius 2 is 1.12 bits per heavy atom. The zero-order valence-electron chi connectivity index (χ0n) is 23.2. The second kappa shape index (κ2) is 11.9. The third-order valence-electron chi connectivity index (χ3n) is 5.43. The van der Waals surface area contributed by atoms with E-state index in [1.165, 1.54) is 18.2 Å². The first-order chi connectivity index (χ1) is 19.3. The van der Waals surface area contributed by atoms with Crippen LogP contribution in [-0.2, 0) is 9.84 Å². The summed E-state index contributed by atoms with van der Waals surface area (Å²) in [6.45, 7) is 6.39. The predicted molar refractivity (Wildman–Crippen MR) is 158 cm³/mol. The van der Waals surface area contributed by atoms with Gasteiger partial charge in [0.1, 0.15) is 39.1 Å². The van der Waals surface area contributed by atoms with Gasteiger partial charge in [0.2, 0.25) is 9.84 Å². The Morgan fingerprint density at radius 1 is 0.610 bits per heavy atom. The Kier molecular flexibility index (Phi) is 8.56. The number of hydrogen-bond donors (Lipinski definition) is 2. The van der Waals surface area contributed by atoms with Crippen LogP contribution in [0, 0.1) is 23.7 Å². The highest BCUT2D eigenvalue weighted by atomic mass is 32.2. The Morgan fingerprint density at radius 3 is 1.66 bits per heavy atom. The summed E-state index contributed by atoms with van der Waals surface area (Å²) >= 11 is 0. The van der Waals surface area contributed by atoms with E-state index in [2.05, 4.69) is 23.7 Å². The minimum Gasteiger partial charge on any atom is -0.457 e. The number of sulfone groups is 1. The third kappa shape index (κ3) is 8.48. The van der Waals surface area contributed by atoms with Gasteiger partial charge in [-0.25, -0.2) is 8.42 Å². The highest BCUT2D eigenvalue weighted by Crippen LogP contribution is 2.34. The van der Waals surface area contributed by atoms with E-state index in [4.69, 9.17) is 9.47 Å². The lowest BCUT2D eigenvalue weighted by molar-refractivity contribution is 0.143. The molecule has 4 aromatic carbocycles. The quantitative estimate of drug-likeness (QED) is 0.264. The van der Waals surface area contributed by atoms with E-state index in [0.29, 0.717) is 28.4 Å². The average Bonchev–Trinajstić information content (AvgIpc) is 2.91. The van der Waals surface area contributed by atoms with Crippen molar-refractivity contribution in [2.45, 2.75) is 48.7 Å². The van der Waals surface area contributed by atoms with Gasteiger partial charge in [0.05, 0.1) is 4.90 Å². The number of benzene rings is 4. The fraction of sp³-hybridized carbons (Fsp3) is 0.176. The summed E-state index contributed by atoms with van der Waals surface area (Å²) < 4.78 is 39.1. The van der Waals surface area contributed by atoms with Gasteiger partial charge >= 0.3 is 0 Å². The van der Waals surface area contributed by atoms with Crippen molar-refractivity contribution in [3.63, 3.8) is 0 Å². The zero-order chi connectivity index (χ0) is 29.7. The molecule has 0 amide bonds. The van der Waals surface area contributed by atoms with Crippen LogP contribution >= 0.6 is 0 Å². The monoisotopic (exact) mass is 566 g/mol. The lowest BCUT2D eigenvalue weighted by Gasteiger charge is -2.13. The van der Waals surface area contributed by atoms with Crippen LogP contribution in [0.2, 0.25) is 0 Å². The molecule has 2 N–H and O–H groups in total. The van der Waals surface area contributed by atoms with E-state index in [-0.39, 0.29) is 15.5 Å². The van der Waals surface area contributed by atoms with Gasteiger partial charge in [0.15, 0.2) is 0 Å². The van der Waals surface area contributed by atoms with Gasteiger partial charge in [-0.05, 0) is 100 Å². The lowest BCUT2D eigenvalue weighted by Crippen LogP contribution is -2.14. The molecule has 0 unspecified atom stereocenters. The SMILES string of the molecule is CC(C)(O)C#Cc1cccc(Oc2ccc(S(=O)(=O)c3ccccc3Oc3cccc(C#CC(C)(C)O)c3)cc2)c1. The van der Waals surface area contributed by atoms with Crippen LogP contribution in [0.15, 0.2) is 107 Å². The van der Waals surface area contributed by atoms with E-state index in [9.17, 15) is 18.6 Å². The summed E-state index contributed by atoms with van der Waals surface area (Å²) in [4.78, 5) is 0.0928. The summed E-state index contributed by atoms with van der Waals surface area (Å²) in [6.07, 6.45) is 0. The first kappa shape index (κ1) is 29.5. The predicted octanol–water partition coefficient (Wildman–Crippen LogP) is 6.35. The van der Waals surface area contributed by atoms with Crippen molar-refractivity contribution in [3.05, 3.63) is 108 Å². The normalized spacial score (nSPS) is 11.5. The number of aliphatic hydroxyl groups is 2. The van der Waals surface area contributed by atoms with Crippen molar-refractivity contribution < 1.29 is 28.1 Å².